The number of likely N-dealkylation sites (tertiary alicyclic amines) is 1. The lowest BCUT2D eigenvalue weighted by atomic mass is 9.98. The Kier molecular flexibility index (Phi) is 7.23. The molecular weight excluding hydrogens is 368 g/mol. The molecule has 0 aromatic heterocycles. The Morgan fingerprint density at radius 1 is 1.10 bits per heavy atom. The minimum absolute atomic E-state index is 0.172. The van der Waals surface area contributed by atoms with E-state index in [0.29, 0.717) is 31.2 Å². The zero-order valence-corrected chi connectivity index (χ0v) is 17.9. The summed E-state index contributed by atoms with van der Waals surface area (Å²) in [4.78, 5) is 21.2. The third-order valence-corrected chi connectivity index (χ3v) is 6.00. The maximum absolute atomic E-state index is 12.6. The Morgan fingerprint density at radius 3 is 2.41 bits per heavy atom. The molecule has 160 valence electrons. The number of nitrogens with zero attached hydrogens (tertiary/aromatic N) is 3. The fraction of sp³-hybridized carbons (Fsp3) is 0.636. The van der Waals surface area contributed by atoms with Gasteiger partial charge in [-0.25, -0.2) is 0 Å². The molecule has 3 rings (SSSR count). The molecule has 2 heterocycles. The molecule has 0 bridgehead atoms. The van der Waals surface area contributed by atoms with E-state index in [-0.39, 0.29) is 5.91 Å². The highest BCUT2D eigenvalue weighted by atomic mass is 16.5. The molecule has 2 N–H and O–H groups in total. The lowest BCUT2D eigenvalue weighted by Gasteiger charge is -2.31. The number of hydrogen-bond acceptors (Lipinski definition) is 4. The van der Waals surface area contributed by atoms with E-state index < -0.39 is 0 Å². The number of piperidine rings is 1. The topological polar surface area (TPSA) is 80.4 Å². The SMILES string of the molecule is COc1cc2c(cc1OC)CN(C(=O)CCCN=C(N)N1CCC(C)CC1)CC2. The standard InChI is InChI=1S/C22H34N4O3/c1-16-6-10-25(11-7-16)22(23)24-9-4-5-21(27)26-12-8-17-13-19(28-2)20(29-3)14-18(17)15-26/h13-14,16H,4-12,15H2,1-3H3,(H2,23,24). The fourth-order valence-corrected chi connectivity index (χ4v) is 4.02. The summed E-state index contributed by atoms with van der Waals surface area (Å²) in [5.74, 6) is 3.01. The number of aliphatic imine (C=N–C) groups is 1. The van der Waals surface area contributed by atoms with Crippen LogP contribution in [0.25, 0.3) is 0 Å². The first-order chi connectivity index (χ1) is 14.0. The molecule has 0 radical (unpaired) electrons. The van der Waals surface area contributed by atoms with Crippen LogP contribution in [0.2, 0.25) is 0 Å². The van der Waals surface area contributed by atoms with Gasteiger partial charge in [-0.3, -0.25) is 9.79 Å². The Bertz CT molecular complexity index is 742. The molecule has 29 heavy (non-hydrogen) atoms. The van der Waals surface area contributed by atoms with Crippen molar-refractivity contribution in [2.75, 3.05) is 40.4 Å². The summed E-state index contributed by atoms with van der Waals surface area (Å²) >= 11 is 0. The summed E-state index contributed by atoms with van der Waals surface area (Å²) in [6.45, 7) is 6.19. The van der Waals surface area contributed by atoms with Crippen molar-refractivity contribution in [2.45, 2.75) is 45.6 Å². The number of ether oxygens (including phenoxy) is 2. The highest BCUT2D eigenvalue weighted by Gasteiger charge is 2.22. The van der Waals surface area contributed by atoms with Crippen LogP contribution in [-0.4, -0.2) is 62.1 Å². The minimum Gasteiger partial charge on any atom is -0.493 e. The summed E-state index contributed by atoms with van der Waals surface area (Å²) in [5.41, 5.74) is 8.47. The number of fused-ring (bicyclic) bond motifs is 1. The molecule has 1 saturated heterocycles. The maximum atomic E-state index is 12.6. The van der Waals surface area contributed by atoms with E-state index >= 15 is 0 Å². The average molecular weight is 403 g/mol. The number of nitrogens with two attached hydrogens (primary N) is 1. The molecule has 0 saturated carbocycles. The van der Waals surface area contributed by atoms with E-state index in [9.17, 15) is 4.79 Å². The molecule has 2 aliphatic heterocycles. The molecule has 0 aliphatic carbocycles. The van der Waals surface area contributed by atoms with Gasteiger partial charge < -0.3 is 25.0 Å². The Hall–Kier alpha value is -2.44. The Morgan fingerprint density at radius 2 is 1.76 bits per heavy atom. The molecule has 0 unspecified atom stereocenters. The Balaban J connectivity index is 1.47. The maximum Gasteiger partial charge on any atom is 0.222 e. The van der Waals surface area contributed by atoms with E-state index in [2.05, 4.69) is 16.8 Å². The van der Waals surface area contributed by atoms with Crippen molar-refractivity contribution < 1.29 is 14.3 Å². The van der Waals surface area contributed by atoms with Crippen LogP contribution in [0.1, 0.15) is 43.7 Å². The van der Waals surface area contributed by atoms with Crippen LogP contribution in [0.5, 0.6) is 11.5 Å². The van der Waals surface area contributed by atoms with E-state index in [4.69, 9.17) is 15.2 Å². The van der Waals surface area contributed by atoms with Crippen molar-refractivity contribution >= 4 is 11.9 Å². The molecule has 1 aromatic rings. The zero-order chi connectivity index (χ0) is 20.8. The molecular formula is C22H34N4O3. The molecule has 0 spiro atoms. The second-order valence-electron chi connectivity index (χ2n) is 8.05. The number of amides is 1. The van der Waals surface area contributed by atoms with Crippen molar-refractivity contribution in [3.05, 3.63) is 23.3 Å². The summed E-state index contributed by atoms with van der Waals surface area (Å²) in [7, 11) is 3.27. The lowest BCUT2D eigenvalue weighted by molar-refractivity contribution is -0.132. The van der Waals surface area contributed by atoms with Gasteiger partial charge in [-0.15, -0.1) is 0 Å². The number of hydrogen-bond donors (Lipinski definition) is 1. The van der Waals surface area contributed by atoms with Gasteiger partial charge >= 0.3 is 0 Å². The molecule has 1 fully saturated rings. The number of rotatable bonds is 6. The average Bonchev–Trinajstić information content (AvgIpc) is 2.75. The van der Waals surface area contributed by atoms with Crippen molar-refractivity contribution in [1.29, 1.82) is 0 Å². The first kappa shape index (κ1) is 21.3. The molecule has 1 amide bonds. The van der Waals surface area contributed by atoms with Gasteiger partial charge in [0.1, 0.15) is 0 Å². The molecule has 7 heteroatoms. The highest BCUT2D eigenvalue weighted by Crippen LogP contribution is 2.33. The number of guanidine groups is 1. The van der Waals surface area contributed by atoms with Gasteiger partial charge in [0, 0.05) is 39.1 Å². The molecule has 1 aromatic carbocycles. The van der Waals surface area contributed by atoms with Gasteiger partial charge in [0.2, 0.25) is 5.91 Å². The predicted molar refractivity (Wildman–Crippen MR) is 114 cm³/mol. The molecule has 0 atom stereocenters. The smallest absolute Gasteiger partial charge is 0.222 e. The van der Waals surface area contributed by atoms with Crippen LogP contribution in [0.3, 0.4) is 0 Å². The highest BCUT2D eigenvalue weighted by molar-refractivity contribution is 5.78. The fourth-order valence-electron chi connectivity index (χ4n) is 4.02. The second kappa shape index (κ2) is 9.85. The summed E-state index contributed by atoms with van der Waals surface area (Å²) in [6.07, 6.45) is 4.39. The van der Waals surface area contributed by atoms with Gasteiger partial charge in [-0.1, -0.05) is 6.92 Å². The lowest BCUT2D eigenvalue weighted by Crippen LogP contribution is -2.42. The summed E-state index contributed by atoms with van der Waals surface area (Å²) in [5, 5.41) is 0. The molecule has 7 nitrogen and oxygen atoms in total. The van der Waals surface area contributed by atoms with Crippen LogP contribution in [0, 0.1) is 5.92 Å². The number of carbonyl (C=O) groups excluding carboxylic acids is 1. The van der Waals surface area contributed by atoms with Crippen molar-refractivity contribution in [3.63, 3.8) is 0 Å². The van der Waals surface area contributed by atoms with E-state index in [0.717, 1.165) is 49.7 Å². The van der Waals surface area contributed by atoms with Gasteiger partial charge in [-0.05, 0) is 54.9 Å². The van der Waals surface area contributed by atoms with Crippen LogP contribution in [0.4, 0.5) is 0 Å². The predicted octanol–water partition coefficient (Wildman–Crippen LogP) is 2.42. The van der Waals surface area contributed by atoms with Gasteiger partial charge in [0.25, 0.3) is 0 Å². The van der Waals surface area contributed by atoms with E-state index in [1.165, 1.54) is 18.4 Å². The summed E-state index contributed by atoms with van der Waals surface area (Å²) in [6, 6.07) is 4.01. The van der Waals surface area contributed by atoms with Crippen LogP contribution < -0.4 is 15.2 Å². The van der Waals surface area contributed by atoms with Crippen molar-refractivity contribution in [1.82, 2.24) is 9.80 Å². The number of methoxy groups -OCH3 is 2. The second-order valence-corrected chi connectivity index (χ2v) is 8.05. The van der Waals surface area contributed by atoms with E-state index in [1.54, 1.807) is 14.2 Å². The quantitative estimate of drug-likeness (QED) is 0.449. The van der Waals surface area contributed by atoms with Crippen LogP contribution >= 0.6 is 0 Å². The third kappa shape index (κ3) is 5.34. The number of carbonyl (C=O) groups is 1. The van der Waals surface area contributed by atoms with Crippen molar-refractivity contribution in [2.24, 2.45) is 16.6 Å². The third-order valence-electron chi connectivity index (χ3n) is 6.00. The number of benzene rings is 1. The van der Waals surface area contributed by atoms with Gasteiger partial charge in [0.05, 0.1) is 14.2 Å². The van der Waals surface area contributed by atoms with Gasteiger partial charge in [0.15, 0.2) is 17.5 Å². The van der Waals surface area contributed by atoms with Crippen LogP contribution in [0.15, 0.2) is 17.1 Å². The van der Waals surface area contributed by atoms with Crippen LogP contribution in [-0.2, 0) is 17.8 Å². The van der Waals surface area contributed by atoms with Crippen molar-refractivity contribution in [3.8, 4) is 11.5 Å². The zero-order valence-electron chi connectivity index (χ0n) is 17.9. The largest absolute Gasteiger partial charge is 0.493 e. The normalized spacial score (nSPS) is 17.8. The summed E-state index contributed by atoms with van der Waals surface area (Å²) < 4.78 is 10.8. The first-order valence-corrected chi connectivity index (χ1v) is 10.6. The monoisotopic (exact) mass is 402 g/mol. The minimum atomic E-state index is 0.172. The molecule has 2 aliphatic rings. The first-order valence-electron chi connectivity index (χ1n) is 10.6. The van der Waals surface area contributed by atoms with Gasteiger partial charge in [-0.2, -0.15) is 0 Å². The Labute approximate surface area is 173 Å². The van der Waals surface area contributed by atoms with E-state index in [1.807, 2.05) is 17.0 Å².